The first-order chi connectivity index (χ1) is 6.38. The minimum Gasteiger partial charge on any atom is -0.311 e. The molecule has 1 nitrogen and oxygen atoms in total. The first kappa shape index (κ1) is 11.1. The number of hydrogen-bond acceptors (Lipinski definition) is 1. The van der Waals surface area contributed by atoms with Gasteiger partial charge >= 0.3 is 0 Å². The third kappa shape index (κ3) is 1.93. The molecule has 0 saturated heterocycles. The molecule has 1 aromatic carbocycles. The monoisotopic (exact) mass is 199 g/mol. The standard InChI is InChI=1S/C11H15F2N/c1-7-5-8(12)10(9(13)6-7)11(2,3)14-4/h5-6,14H,1-4H3. The zero-order valence-electron chi connectivity index (χ0n) is 8.91. The molecule has 0 heterocycles. The van der Waals surface area contributed by atoms with Crippen molar-refractivity contribution in [3.63, 3.8) is 0 Å². The van der Waals surface area contributed by atoms with E-state index in [0.717, 1.165) is 0 Å². The van der Waals surface area contributed by atoms with Crippen LogP contribution in [0.15, 0.2) is 12.1 Å². The van der Waals surface area contributed by atoms with E-state index in [1.807, 2.05) is 0 Å². The van der Waals surface area contributed by atoms with Gasteiger partial charge in [0.2, 0.25) is 0 Å². The van der Waals surface area contributed by atoms with Crippen molar-refractivity contribution in [1.29, 1.82) is 0 Å². The van der Waals surface area contributed by atoms with Gasteiger partial charge in [0.1, 0.15) is 11.6 Å². The molecule has 14 heavy (non-hydrogen) atoms. The fourth-order valence-corrected chi connectivity index (χ4v) is 1.42. The summed E-state index contributed by atoms with van der Waals surface area (Å²) >= 11 is 0. The number of nitrogens with one attached hydrogen (secondary N) is 1. The van der Waals surface area contributed by atoms with E-state index in [1.165, 1.54) is 12.1 Å². The van der Waals surface area contributed by atoms with Crippen LogP contribution in [0.3, 0.4) is 0 Å². The summed E-state index contributed by atoms with van der Waals surface area (Å²) in [6, 6.07) is 2.69. The van der Waals surface area contributed by atoms with Gasteiger partial charge in [0.05, 0.1) is 0 Å². The lowest BCUT2D eigenvalue weighted by Gasteiger charge is -2.25. The summed E-state index contributed by atoms with van der Waals surface area (Å²) in [6.45, 7) is 5.15. The fraction of sp³-hybridized carbons (Fsp3) is 0.455. The van der Waals surface area contributed by atoms with Crippen molar-refractivity contribution in [2.45, 2.75) is 26.3 Å². The molecule has 0 spiro atoms. The second-order valence-corrected chi connectivity index (χ2v) is 3.98. The molecule has 0 bridgehead atoms. The van der Waals surface area contributed by atoms with Crippen molar-refractivity contribution < 1.29 is 8.78 Å². The van der Waals surface area contributed by atoms with Crippen LogP contribution in [0.4, 0.5) is 8.78 Å². The lowest BCUT2D eigenvalue weighted by Crippen LogP contribution is -2.35. The van der Waals surface area contributed by atoms with Gasteiger partial charge in [-0.3, -0.25) is 0 Å². The van der Waals surface area contributed by atoms with Crippen LogP contribution >= 0.6 is 0 Å². The molecule has 0 unspecified atom stereocenters. The van der Waals surface area contributed by atoms with Crippen LogP contribution in [0.1, 0.15) is 25.0 Å². The Hall–Kier alpha value is -0.960. The number of aryl methyl sites for hydroxylation is 1. The summed E-state index contributed by atoms with van der Waals surface area (Å²) in [5.74, 6) is -0.997. The normalized spacial score (nSPS) is 11.9. The predicted octanol–water partition coefficient (Wildman–Crippen LogP) is 2.73. The Balaban J connectivity index is 3.35. The second-order valence-electron chi connectivity index (χ2n) is 3.98. The topological polar surface area (TPSA) is 12.0 Å². The lowest BCUT2D eigenvalue weighted by atomic mass is 9.92. The van der Waals surface area contributed by atoms with E-state index >= 15 is 0 Å². The predicted molar refractivity (Wildman–Crippen MR) is 53.2 cm³/mol. The van der Waals surface area contributed by atoms with Gasteiger partial charge in [-0.25, -0.2) is 8.78 Å². The maximum atomic E-state index is 13.5. The van der Waals surface area contributed by atoms with Crippen LogP contribution in [-0.4, -0.2) is 7.05 Å². The zero-order chi connectivity index (χ0) is 10.9. The van der Waals surface area contributed by atoms with Crippen molar-refractivity contribution >= 4 is 0 Å². The van der Waals surface area contributed by atoms with Crippen molar-refractivity contribution in [3.05, 3.63) is 34.9 Å². The van der Waals surface area contributed by atoms with Gasteiger partial charge in [-0.05, 0) is 45.5 Å². The van der Waals surface area contributed by atoms with Crippen molar-refractivity contribution in [1.82, 2.24) is 5.32 Å². The summed E-state index contributed by atoms with van der Waals surface area (Å²) in [7, 11) is 1.68. The first-order valence-electron chi connectivity index (χ1n) is 4.53. The summed E-state index contributed by atoms with van der Waals surface area (Å²) in [5.41, 5.74) is -0.0109. The Kier molecular flexibility index (Phi) is 2.90. The summed E-state index contributed by atoms with van der Waals surface area (Å²) < 4.78 is 27.0. The molecular weight excluding hydrogens is 184 g/mol. The molecule has 0 aliphatic rings. The number of rotatable bonds is 2. The molecule has 0 aromatic heterocycles. The molecule has 0 aliphatic heterocycles. The van der Waals surface area contributed by atoms with Gasteiger partial charge in [0.25, 0.3) is 0 Å². The number of hydrogen-bond donors (Lipinski definition) is 1. The minimum absolute atomic E-state index is 0.0885. The van der Waals surface area contributed by atoms with Crippen molar-refractivity contribution in [2.75, 3.05) is 7.05 Å². The van der Waals surface area contributed by atoms with Crippen LogP contribution in [0.2, 0.25) is 0 Å². The van der Waals surface area contributed by atoms with Crippen LogP contribution < -0.4 is 5.32 Å². The van der Waals surface area contributed by atoms with Gasteiger partial charge in [-0.2, -0.15) is 0 Å². The molecule has 3 heteroatoms. The van der Waals surface area contributed by atoms with Gasteiger partial charge in [-0.15, -0.1) is 0 Å². The Morgan fingerprint density at radius 3 is 1.93 bits per heavy atom. The van der Waals surface area contributed by atoms with Gasteiger partial charge in [0.15, 0.2) is 0 Å². The Bertz CT molecular complexity index is 322. The van der Waals surface area contributed by atoms with E-state index in [-0.39, 0.29) is 5.56 Å². The van der Waals surface area contributed by atoms with Crippen LogP contribution in [0, 0.1) is 18.6 Å². The van der Waals surface area contributed by atoms with Gasteiger partial charge in [-0.1, -0.05) is 0 Å². The van der Waals surface area contributed by atoms with E-state index in [2.05, 4.69) is 5.32 Å². The molecule has 1 N–H and O–H groups in total. The highest BCUT2D eigenvalue weighted by Gasteiger charge is 2.26. The van der Waals surface area contributed by atoms with E-state index in [1.54, 1.807) is 27.8 Å². The quantitative estimate of drug-likeness (QED) is 0.772. The van der Waals surface area contributed by atoms with Crippen LogP contribution in [0.25, 0.3) is 0 Å². The SMILES string of the molecule is CNC(C)(C)c1c(F)cc(C)cc1F. The van der Waals surface area contributed by atoms with E-state index < -0.39 is 17.2 Å². The fourth-order valence-electron chi connectivity index (χ4n) is 1.42. The molecule has 0 amide bonds. The zero-order valence-corrected chi connectivity index (χ0v) is 8.91. The Morgan fingerprint density at radius 1 is 1.14 bits per heavy atom. The number of halogens is 2. The molecule has 0 fully saturated rings. The highest BCUT2D eigenvalue weighted by atomic mass is 19.1. The summed E-state index contributed by atoms with van der Waals surface area (Å²) in [5, 5.41) is 2.88. The maximum Gasteiger partial charge on any atom is 0.131 e. The van der Waals surface area contributed by atoms with E-state index in [4.69, 9.17) is 0 Å². The third-order valence-corrected chi connectivity index (χ3v) is 2.44. The van der Waals surface area contributed by atoms with E-state index in [0.29, 0.717) is 5.56 Å². The van der Waals surface area contributed by atoms with E-state index in [9.17, 15) is 8.78 Å². The average molecular weight is 199 g/mol. The minimum atomic E-state index is -0.693. The van der Waals surface area contributed by atoms with Gasteiger partial charge in [0, 0.05) is 11.1 Å². The molecule has 78 valence electrons. The van der Waals surface area contributed by atoms with Crippen molar-refractivity contribution in [2.24, 2.45) is 0 Å². The molecule has 0 aliphatic carbocycles. The average Bonchev–Trinajstić information content (AvgIpc) is 2.01. The third-order valence-electron chi connectivity index (χ3n) is 2.44. The summed E-state index contributed by atoms with van der Waals surface area (Å²) in [6.07, 6.45) is 0. The molecular formula is C11H15F2N. The van der Waals surface area contributed by atoms with Crippen LogP contribution in [-0.2, 0) is 5.54 Å². The van der Waals surface area contributed by atoms with Gasteiger partial charge < -0.3 is 5.32 Å². The maximum absolute atomic E-state index is 13.5. The smallest absolute Gasteiger partial charge is 0.131 e. The highest BCUT2D eigenvalue weighted by Crippen LogP contribution is 2.26. The summed E-state index contributed by atoms with van der Waals surface area (Å²) in [4.78, 5) is 0. The Labute approximate surface area is 83.1 Å². The van der Waals surface area contributed by atoms with Crippen LogP contribution in [0.5, 0.6) is 0 Å². The Morgan fingerprint density at radius 2 is 1.57 bits per heavy atom. The first-order valence-corrected chi connectivity index (χ1v) is 4.53. The molecule has 0 saturated carbocycles. The second kappa shape index (κ2) is 3.65. The molecule has 0 radical (unpaired) electrons. The number of benzene rings is 1. The largest absolute Gasteiger partial charge is 0.311 e. The molecule has 1 aromatic rings. The highest BCUT2D eigenvalue weighted by molar-refractivity contribution is 5.30. The molecule has 0 atom stereocenters. The lowest BCUT2D eigenvalue weighted by molar-refractivity contribution is 0.394. The molecule has 1 rings (SSSR count). The van der Waals surface area contributed by atoms with Crippen molar-refractivity contribution in [3.8, 4) is 0 Å².